The summed E-state index contributed by atoms with van der Waals surface area (Å²) in [5.41, 5.74) is 0.0534. The van der Waals surface area contributed by atoms with Crippen molar-refractivity contribution in [3.8, 4) is 0 Å². The van der Waals surface area contributed by atoms with Crippen LogP contribution in [-0.4, -0.2) is 35.0 Å². The molecule has 1 aromatic rings. The Labute approximate surface area is 122 Å². The molecule has 0 aliphatic carbocycles. The van der Waals surface area contributed by atoms with Crippen LogP contribution in [0, 0.1) is 11.7 Å². The fourth-order valence-electron chi connectivity index (χ4n) is 1.79. The lowest BCUT2D eigenvalue weighted by molar-refractivity contribution is -0.137. The van der Waals surface area contributed by atoms with E-state index in [-0.39, 0.29) is 29.5 Å². The molecule has 0 unspecified atom stereocenters. The summed E-state index contributed by atoms with van der Waals surface area (Å²) >= 11 is 5.79. The zero-order chi connectivity index (χ0) is 15.3. The van der Waals surface area contributed by atoms with Crippen molar-refractivity contribution in [1.82, 2.24) is 4.90 Å². The van der Waals surface area contributed by atoms with E-state index in [2.05, 4.69) is 0 Å². The highest BCUT2D eigenvalue weighted by Gasteiger charge is 2.21. The molecule has 1 rings (SSSR count). The van der Waals surface area contributed by atoms with Crippen LogP contribution in [0.3, 0.4) is 0 Å². The first kappa shape index (κ1) is 16.4. The first-order valence-electron chi connectivity index (χ1n) is 6.28. The zero-order valence-electron chi connectivity index (χ0n) is 11.4. The van der Waals surface area contributed by atoms with Gasteiger partial charge in [0.15, 0.2) is 0 Å². The summed E-state index contributed by atoms with van der Waals surface area (Å²) in [6, 6.07) is 4.00. The minimum atomic E-state index is -0.989. The average Bonchev–Trinajstić information content (AvgIpc) is 2.36. The highest BCUT2D eigenvalue weighted by molar-refractivity contribution is 6.34. The van der Waals surface area contributed by atoms with Crippen molar-refractivity contribution in [2.45, 2.75) is 20.3 Å². The number of amides is 1. The fraction of sp³-hybridized carbons (Fsp3) is 0.429. The van der Waals surface area contributed by atoms with Gasteiger partial charge in [-0.3, -0.25) is 9.59 Å². The van der Waals surface area contributed by atoms with Gasteiger partial charge >= 0.3 is 5.97 Å². The smallest absolute Gasteiger partial charge is 0.305 e. The van der Waals surface area contributed by atoms with E-state index in [9.17, 15) is 14.0 Å². The minimum absolute atomic E-state index is 0.0534. The molecule has 1 N–H and O–H groups in total. The van der Waals surface area contributed by atoms with Gasteiger partial charge < -0.3 is 10.0 Å². The second-order valence-corrected chi connectivity index (χ2v) is 5.27. The maximum atomic E-state index is 13.4. The molecule has 0 saturated carbocycles. The second kappa shape index (κ2) is 7.24. The molecule has 1 amide bonds. The molecule has 0 bridgehead atoms. The number of carboxylic acids is 1. The number of hydrogen-bond acceptors (Lipinski definition) is 2. The Balaban J connectivity index is 2.96. The van der Waals surface area contributed by atoms with Gasteiger partial charge in [0.1, 0.15) is 5.82 Å². The van der Waals surface area contributed by atoms with Crippen molar-refractivity contribution in [3.05, 3.63) is 34.6 Å². The van der Waals surface area contributed by atoms with Crippen LogP contribution in [0.2, 0.25) is 5.02 Å². The molecule has 0 aliphatic rings. The van der Waals surface area contributed by atoms with Crippen LogP contribution in [0.1, 0.15) is 30.6 Å². The third-order valence-corrected chi connectivity index (χ3v) is 3.03. The Morgan fingerprint density at radius 1 is 1.40 bits per heavy atom. The Bertz CT molecular complexity index is 505. The van der Waals surface area contributed by atoms with E-state index < -0.39 is 17.7 Å². The third kappa shape index (κ3) is 4.49. The minimum Gasteiger partial charge on any atom is -0.481 e. The summed E-state index contributed by atoms with van der Waals surface area (Å²) in [4.78, 5) is 24.4. The molecular weight excluding hydrogens is 285 g/mol. The average molecular weight is 302 g/mol. The number of hydrogen-bond donors (Lipinski definition) is 1. The number of aliphatic carboxylic acids is 1. The lowest BCUT2D eigenvalue weighted by Gasteiger charge is -2.24. The van der Waals surface area contributed by atoms with Crippen molar-refractivity contribution in [3.63, 3.8) is 0 Å². The summed E-state index contributed by atoms with van der Waals surface area (Å²) in [6.07, 6.45) is -0.161. The van der Waals surface area contributed by atoms with Gasteiger partial charge in [-0.05, 0) is 18.1 Å². The van der Waals surface area contributed by atoms with Gasteiger partial charge in [0.25, 0.3) is 5.91 Å². The second-order valence-electron chi connectivity index (χ2n) is 4.89. The summed E-state index contributed by atoms with van der Waals surface area (Å²) in [5.74, 6) is -1.94. The number of nitrogens with zero attached hydrogens (tertiary/aromatic N) is 1. The molecule has 0 spiro atoms. The highest BCUT2D eigenvalue weighted by atomic mass is 35.5. The van der Waals surface area contributed by atoms with Crippen molar-refractivity contribution in [2.24, 2.45) is 5.92 Å². The van der Waals surface area contributed by atoms with Gasteiger partial charge in [0.05, 0.1) is 17.0 Å². The Morgan fingerprint density at radius 3 is 2.60 bits per heavy atom. The monoisotopic (exact) mass is 301 g/mol. The summed E-state index contributed by atoms with van der Waals surface area (Å²) in [5, 5.41) is 8.49. The fourth-order valence-corrected chi connectivity index (χ4v) is 1.99. The van der Waals surface area contributed by atoms with E-state index in [1.165, 1.54) is 23.1 Å². The largest absolute Gasteiger partial charge is 0.481 e. The van der Waals surface area contributed by atoms with Crippen LogP contribution < -0.4 is 0 Å². The quantitative estimate of drug-likeness (QED) is 0.878. The summed E-state index contributed by atoms with van der Waals surface area (Å²) in [6.45, 7) is 4.28. The van der Waals surface area contributed by atoms with E-state index in [1.54, 1.807) is 0 Å². The number of benzene rings is 1. The van der Waals surface area contributed by atoms with Crippen molar-refractivity contribution in [2.75, 3.05) is 13.1 Å². The Hall–Kier alpha value is -1.62. The SMILES string of the molecule is CC(C)CN(CCC(=O)O)C(=O)c1cccc(F)c1Cl. The molecule has 4 nitrogen and oxygen atoms in total. The van der Waals surface area contributed by atoms with Crippen LogP contribution in [0.15, 0.2) is 18.2 Å². The molecule has 0 atom stereocenters. The zero-order valence-corrected chi connectivity index (χ0v) is 12.2. The standard InChI is InChI=1S/C14H17ClFNO3/c1-9(2)8-17(7-6-12(18)19)14(20)10-4-3-5-11(16)13(10)15/h3-5,9H,6-8H2,1-2H3,(H,18,19). The van der Waals surface area contributed by atoms with Crippen molar-refractivity contribution in [1.29, 1.82) is 0 Å². The maximum absolute atomic E-state index is 13.4. The first-order chi connectivity index (χ1) is 9.32. The lowest BCUT2D eigenvalue weighted by atomic mass is 10.1. The molecule has 0 saturated heterocycles. The highest BCUT2D eigenvalue weighted by Crippen LogP contribution is 2.21. The van der Waals surface area contributed by atoms with E-state index in [4.69, 9.17) is 16.7 Å². The molecule has 0 heterocycles. The predicted octanol–water partition coefficient (Wildman–Crippen LogP) is 3.05. The topological polar surface area (TPSA) is 57.6 Å². The van der Waals surface area contributed by atoms with E-state index in [0.29, 0.717) is 6.54 Å². The van der Waals surface area contributed by atoms with Crippen LogP contribution in [0.5, 0.6) is 0 Å². The molecular formula is C14H17ClFNO3. The molecule has 20 heavy (non-hydrogen) atoms. The summed E-state index contributed by atoms with van der Waals surface area (Å²) in [7, 11) is 0. The van der Waals surface area contributed by atoms with Crippen LogP contribution >= 0.6 is 11.6 Å². The number of carboxylic acid groups (broad SMARTS) is 1. The van der Waals surface area contributed by atoms with Gasteiger partial charge in [0, 0.05) is 13.1 Å². The van der Waals surface area contributed by atoms with Crippen LogP contribution in [0.4, 0.5) is 4.39 Å². The Morgan fingerprint density at radius 2 is 2.05 bits per heavy atom. The van der Waals surface area contributed by atoms with Gasteiger partial charge in [-0.2, -0.15) is 0 Å². The molecule has 0 aliphatic heterocycles. The van der Waals surface area contributed by atoms with Gasteiger partial charge in [-0.15, -0.1) is 0 Å². The molecule has 0 radical (unpaired) electrons. The molecule has 1 aromatic carbocycles. The number of carbonyl (C=O) groups is 2. The van der Waals surface area contributed by atoms with E-state index in [0.717, 1.165) is 0 Å². The molecule has 110 valence electrons. The normalized spacial score (nSPS) is 10.7. The van der Waals surface area contributed by atoms with Crippen molar-refractivity contribution < 1.29 is 19.1 Å². The predicted molar refractivity (Wildman–Crippen MR) is 74.4 cm³/mol. The molecule has 6 heteroatoms. The van der Waals surface area contributed by atoms with Crippen LogP contribution in [-0.2, 0) is 4.79 Å². The molecule has 0 aromatic heterocycles. The molecule has 0 fully saturated rings. The van der Waals surface area contributed by atoms with Crippen molar-refractivity contribution >= 4 is 23.5 Å². The van der Waals surface area contributed by atoms with E-state index >= 15 is 0 Å². The summed E-state index contributed by atoms with van der Waals surface area (Å²) < 4.78 is 13.4. The lowest BCUT2D eigenvalue weighted by Crippen LogP contribution is -2.36. The van der Waals surface area contributed by atoms with Crippen LogP contribution in [0.25, 0.3) is 0 Å². The Kier molecular flexibility index (Phi) is 5.95. The number of halogens is 2. The number of carbonyl (C=O) groups excluding carboxylic acids is 1. The van der Waals surface area contributed by atoms with E-state index in [1.807, 2.05) is 13.8 Å². The number of rotatable bonds is 6. The third-order valence-electron chi connectivity index (χ3n) is 2.65. The van der Waals surface area contributed by atoms with Gasteiger partial charge in [-0.25, -0.2) is 4.39 Å². The van der Waals surface area contributed by atoms with Gasteiger partial charge in [0.2, 0.25) is 0 Å². The van der Waals surface area contributed by atoms with Gasteiger partial charge in [-0.1, -0.05) is 31.5 Å². The maximum Gasteiger partial charge on any atom is 0.305 e. The first-order valence-corrected chi connectivity index (χ1v) is 6.65.